The van der Waals surface area contributed by atoms with Gasteiger partial charge in [0.2, 0.25) is 0 Å². The van der Waals surface area contributed by atoms with E-state index >= 15 is 0 Å². The van der Waals surface area contributed by atoms with E-state index in [0.717, 1.165) is 13.0 Å². The first kappa shape index (κ1) is 14.2. The first-order valence-electron chi connectivity index (χ1n) is 7.71. The van der Waals surface area contributed by atoms with Gasteiger partial charge in [-0.05, 0) is 48.9 Å². The summed E-state index contributed by atoms with van der Waals surface area (Å²) in [5, 5.41) is 3.75. The average Bonchev–Trinajstić information content (AvgIpc) is 2.89. The van der Waals surface area contributed by atoms with E-state index in [2.05, 4.69) is 54.7 Å². The summed E-state index contributed by atoms with van der Waals surface area (Å²) in [6, 6.07) is 15.8. The molecule has 0 spiro atoms. The van der Waals surface area contributed by atoms with Gasteiger partial charge in [-0.2, -0.15) is 0 Å². The van der Waals surface area contributed by atoms with Crippen LogP contribution in [0.1, 0.15) is 34.7 Å². The minimum atomic E-state index is 0.434. The number of hydrogen-bond acceptors (Lipinski definition) is 2. The molecule has 0 aliphatic heterocycles. The van der Waals surface area contributed by atoms with Gasteiger partial charge in [0.25, 0.3) is 0 Å². The van der Waals surface area contributed by atoms with Crippen molar-refractivity contribution in [1.29, 1.82) is 0 Å². The van der Waals surface area contributed by atoms with E-state index in [-0.39, 0.29) is 0 Å². The summed E-state index contributed by atoms with van der Waals surface area (Å²) in [4.78, 5) is 0. The van der Waals surface area contributed by atoms with Gasteiger partial charge in [0.1, 0.15) is 0 Å². The van der Waals surface area contributed by atoms with E-state index in [1.54, 1.807) is 7.11 Å². The number of fused-ring (bicyclic) bond motifs is 1. The number of aryl methyl sites for hydroxylation is 2. The highest BCUT2D eigenvalue weighted by Gasteiger charge is 2.22. The van der Waals surface area contributed by atoms with Gasteiger partial charge in [-0.1, -0.05) is 42.0 Å². The van der Waals surface area contributed by atoms with Crippen LogP contribution in [0.5, 0.6) is 0 Å². The third kappa shape index (κ3) is 3.11. The third-order valence-corrected chi connectivity index (χ3v) is 4.30. The quantitative estimate of drug-likeness (QED) is 0.883. The van der Waals surface area contributed by atoms with Crippen molar-refractivity contribution in [3.63, 3.8) is 0 Å². The Morgan fingerprint density at radius 1 is 1.19 bits per heavy atom. The minimum absolute atomic E-state index is 0.434. The minimum Gasteiger partial charge on any atom is -0.384 e. The van der Waals surface area contributed by atoms with Crippen LogP contribution >= 0.6 is 0 Å². The van der Waals surface area contributed by atoms with Crippen molar-refractivity contribution < 1.29 is 4.74 Å². The highest BCUT2D eigenvalue weighted by molar-refractivity contribution is 5.54. The van der Waals surface area contributed by atoms with E-state index in [0.29, 0.717) is 6.04 Å². The van der Waals surface area contributed by atoms with Crippen LogP contribution in [0.4, 0.5) is 5.69 Å². The van der Waals surface area contributed by atoms with E-state index in [9.17, 15) is 0 Å². The topological polar surface area (TPSA) is 21.3 Å². The van der Waals surface area contributed by atoms with Crippen molar-refractivity contribution in [1.82, 2.24) is 0 Å². The highest BCUT2D eigenvalue weighted by Crippen LogP contribution is 2.35. The van der Waals surface area contributed by atoms with Gasteiger partial charge in [-0.15, -0.1) is 0 Å². The predicted octanol–water partition coefficient (Wildman–Crippen LogP) is 4.28. The number of hydrogen-bond donors (Lipinski definition) is 1. The maximum Gasteiger partial charge on any atom is 0.0519 e. The lowest BCUT2D eigenvalue weighted by Crippen LogP contribution is -2.10. The predicted molar refractivity (Wildman–Crippen MR) is 87.9 cm³/mol. The Labute approximate surface area is 127 Å². The van der Waals surface area contributed by atoms with Gasteiger partial charge < -0.3 is 10.1 Å². The summed E-state index contributed by atoms with van der Waals surface area (Å²) in [7, 11) is 1.76. The maximum atomic E-state index is 5.21. The number of para-hydroxylation sites is 1. The zero-order chi connectivity index (χ0) is 14.7. The molecule has 1 unspecified atom stereocenters. The molecule has 0 aromatic heterocycles. The second-order valence-corrected chi connectivity index (χ2v) is 5.84. The second-order valence-electron chi connectivity index (χ2n) is 5.84. The Balaban J connectivity index is 1.81. The van der Waals surface area contributed by atoms with Crippen LogP contribution in [0, 0.1) is 6.92 Å². The molecule has 0 fully saturated rings. The molecule has 0 saturated heterocycles. The van der Waals surface area contributed by atoms with E-state index in [1.165, 1.54) is 40.8 Å². The molecule has 2 nitrogen and oxygen atoms in total. The molecule has 1 atom stereocenters. The van der Waals surface area contributed by atoms with E-state index < -0.39 is 0 Å². The van der Waals surface area contributed by atoms with E-state index in [1.807, 2.05) is 0 Å². The Bertz CT molecular complexity index is 621. The first-order valence-corrected chi connectivity index (χ1v) is 7.71. The zero-order valence-electron chi connectivity index (χ0n) is 12.9. The number of anilines is 1. The number of nitrogens with one attached hydrogen (secondary N) is 1. The molecule has 0 saturated carbocycles. The largest absolute Gasteiger partial charge is 0.384 e. The van der Waals surface area contributed by atoms with Crippen molar-refractivity contribution in [2.45, 2.75) is 32.2 Å². The molecule has 1 N–H and O–H groups in total. The van der Waals surface area contributed by atoms with Crippen LogP contribution in [-0.2, 0) is 17.6 Å². The van der Waals surface area contributed by atoms with Crippen LogP contribution in [0.3, 0.4) is 0 Å². The van der Waals surface area contributed by atoms with Gasteiger partial charge >= 0.3 is 0 Å². The van der Waals surface area contributed by atoms with Crippen LogP contribution in [-0.4, -0.2) is 13.7 Å². The fraction of sp³-hybridized carbons (Fsp3) is 0.368. The van der Waals surface area contributed by atoms with Crippen molar-refractivity contribution in [3.05, 3.63) is 64.7 Å². The molecule has 0 heterocycles. The Morgan fingerprint density at radius 3 is 2.90 bits per heavy atom. The van der Waals surface area contributed by atoms with Gasteiger partial charge in [0.05, 0.1) is 12.6 Å². The summed E-state index contributed by atoms with van der Waals surface area (Å²) >= 11 is 0. The Kier molecular flexibility index (Phi) is 4.26. The Morgan fingerprint density at radius 2 is 2.05 bits per heavy atom. The lowest BCUT2D eigenvalue weighted by Gasteiger charge is -2.19. The maximum absolute atomic E-state index is 5.21. The zero-order valence-corrected chi connectivity index (χ0v) is 12.9. The average molecular weight is 281 g/mol. The number of benzene rings is 2. The third-order valence-electron chi connectivity index (χ3n) is 4.30. The highest BCUT2D eigenvalue weighted by atomic mass is 16.5. The van der Waals surface area contributed by atoms with Crippen LogP contribution in [0.25, 0.3) is 0 Å². The lowest BCUT2D eigenvalue weighted by atomic mass is 10.0. The number of methoxy groups -OCH3 is 1. The standard InChI is InChI=1S/C19H23NO/c1-14-7-8-15-9-10-19(17(15)13-14)20-18-6-4-3-5-16(18)11-12-21-2/h3-8,13,19-20H,9-12H2,1-2H3. The molecule has 0 radical (unpaired) electrons. The molecule has 2 aromatic rings. The molecule has 2 heteroatoms. The molecule has 21 heavy (non-hydrogen) atoms. The Hall–Kier alpha value is -1.80. The van der Waals surface area contributed by atoms with Crippen LogP contribution in [0.2, 0.25) is 0 Å². The summed E-state index contributed by atoms with van der Waals surface area (Å²) in [6.45, 7) is 2.93. The van der Waals surface area contributed by atoms with Gasteiger partial charge in [0, 0.05) is 12.8 Å². The van der Waals surface area contributed by atoms with Crippen molar-refractivity contribution in [2.24, 2.45) is 0 Å². The van der Waals surface area contributed by atoms with E-state index in [4.69, 9.17) is 4.74 Å². The van der Waals surface area contributed by atoms with Crippen molar-refractivity contribution in [3.8, 4) is 0 Å². The molecular formula is C19H23NO. The monoisotopic (exact) mass is 281 g/mol. The van der Waals surface area contributed by atoms with Gasteiger partial charge in [-0.3, -0.25) is 0 Å². The molecular weight excluding hydrogens is 258 g/mol. The second kappa shape index (κ2) is 6.31. The smallest absolute Gasteiger partial charge is 0.0519 e. The fourth-order valence-electron chi connectivity index (χ4n) is 3.15. The number of ether oxygens (including phenoxy) is 1. The molecule has 1 aliphatic carbocycles. The summed E-state index contributed by atoms with van der Waals surface area (Å²) in [5.41, 5.74) is 6.88. The molecule has 0 amide bonds. The molecule has 0 bridgehead atoms. The van der Waals surface area contributed by atoms with Crippen LogP contribution in [0.15, 0.2) is 42.5 Å². The van der Waals surface area contributed by atoms with Crippen molar-refractivity contribution >= 4 is 5.69 Å². The first-order chi connectivity index (χ1) is 10.3. The normalized spacial score (nSPS) is 16.8. The molecule has 1 aliphatic rings. The molecule has 110 valence electrons. The summed E-state index contributed by atoms with van der Waals surface area (Å²) in [6.07, 6.45) is 3.30. The van der Waals surface area contributed by atoms with Gasteiger partial charge in [-0.25, -0.2) is 0 Å². The summed E-state index contributed by atoms with van der Waals surface area (Å²) < 4.78 is 5.21. The SMILES string of the molecule is COCCc1ccccc1NC1CCc2ccc(C)cc21. The van der Waals surface area contributed by atoms with Crippen molar-refractivity contribution in [2.75, 3.05) is 19.0 Å². The van der Waals surface area contributed by atoms with Crippen LogP contribution < -0.4 is 5.32 Å². The lowest BCUT2D eigenvalue weighted by molar-refractivity contribution is 0.202. The van der Waals surface area contributed by atoms with Gasteiger partial charge in [0.15, 0.2) is 0 Å². The fourth-order valence-corrected chi connectivity index (χ4v) is 3.15. The molecule has 2 aromatic carbocycles. The number of rotatable bonds is 5. The summed E-state index contributed by atoms with van der Waals surface area (Å²) in [5.74, 6) is 0. The molecule has 3 rings (SSSR count).